The first kappa shape index (κ1) is 10.0. The first-order valence-electron chi connectivity index (χ1n) is 5.32. The number of fused-ring (bicyclic) bond motifs is 2. The fraction of sp³-hybridized carbons (Fsp3) is 0.417. The van der Waals surface area contributed by atoms with Crippen molar-refractivity contribution in [2.24, 2.45) is 5.73 Å². The van der Waals surface area contributed by atoms with Gasteiger partial charge in [0.25, 0.3) is 0 Å². The lowest BCUT2D eigenvalue weighted by Gasteiger charge is -2.23. The monoisotopic (exact) mass is 204 g/mol. The van der Waals surface area contributed by atoms with Crippen LogP contribution in [0, 0.1) is 0 Å². The summed E-state index contributed by atoms with van der Waals surface area (Å²) in [5, 5.41) is 0. The van der Waals surface area contributed by atoms with Crippen LogP contribution in [0.4, 0.5) is 0 Å². The highest BCUT2D eigenvalue weighted by atomic mass is 16.1. The fourth-order valence-electron chi connectivity index (χ4n) is 2.11. The Hall–Kier alpha value is -1.51. The van der Waals surface area contributed by atoms with Crippen molar-refractivity contribution in [1.29, 1.82) is 0 Å². The van der Waals surface area contributed by atoms with Crippen LogP contribution in [-0.4, -0.2) is 24.4 Å². The molecular weight excluding hydrogens is 188 g/mol. The Balaban J connectivity index is 2.24. The maximum Gasteiger partial charge on any atom is 0.209 e. The van der Waals surface area contributed by atoms with E-state index < -0.39 is 0 Å². The Morgan fingerprint density at radius 1 is 1.33 bits per heavy atom. The molecule has 2 bridgehead atoms. The number of rotatable bonds is 1. The highest BCUT2D eigenvalue weighted by Gasteiger charge is 2.13. The molecule has 2 rings (SSSR count). The summed E-state index contributed by atoms with van der Waals surface area (Å²) >= 11 is 0. The second-order valence-electron chi connectivity index (χ2n) is 4.15. The van der Waals surface area contributed by atoms with Crippen LogP contribution < -0.4 is 5.73 Å². The standard InChI is InChI=1S/C12H16N2O/c13-12-4-3-10-2-1-5-14(9-15)8-11(6-10)7-12/h3-4,7,9H,1-2,5-6,8,13H2. The summed E-state index contributed by atoms with van der Waals surface area (Å²) in [6.07, 6.45) is 10.1. The van der Waals surface area contributed by atoms with E-state index in [-0.39, 0.29) is 0 Å². The lowest BCUT2D eigenvalue weighted by atomic mass is 9.99. The van der Waals surface area contributed by atoms with E-state index >= 15 is 0 Å². The number of nitrogens with two attached hydrogens (primary N) is 1. The molecule has 2 N–H and O–H groups in total. The summed E-state index contributed by atoms with van der Waals surface area (Å²) in [5.41, 5.74) is 9.26. The summed E-state index contributed by atoms with van der Waals surface area (Å²) in [7, 11) is 0. The van der Waals surface area contributed by atoms with Crippen LogP contribution in [0.1, 0.15) is 19.3 Å². The molecule has 1 aliphatic carbocycles. The van der Waals surface area contributed by atoms with Gasteiger partial charge in [0.1, 0.15) is 0 Å². The van der Waals surface area contributed by atoms with Gasteiger partial charge < -0.3 is 10.6 Å². The Labute approximate surface area is 89.9 Å². The van der Waals surface area contributed by atoms with E-state index in [1.54, 1.807) is 0 Å². The Bertz CT molecular complexity index is 353. The van der Waals surface area contributed by atoms with Gasteiger partial charge in [-0.3, -0.25) is 4.79 Å². The van der Waals surface area contributed by atoms with E-state index in [0.29, 0.717) is 0 Å². The molecule has 0 unspecified atom stereocenters. The first-order chi connectivity index (χ1) is 7.28. The normalized spacial score (nSPS) is 21.6. The second-order valence-corrected chi connectivity index (χ2v) is 4.15. The molecule has 0 aromatic rings. The number of likely N-dealkylation sites (tertiary alicyclic amines) is 1. The molecule has 0 radical (unpaired) electrons. The van der Waals surface area contributed by atoms with E-state index in [9.17, 15) is 4.79 Å². The van der Waals surface area contributed by atoms with E-state index in [1.165, 1.54) is 11.1 Å². The number of amides is 1. The van der Waals surface area contributed by atoms with Crippen LogP contribution >= 0.6 is 0 Å². The minimum Gasteiger partial charge on any atom is -0.399 e. The molecule has 2 aliphatic rings. The van der Waals surface area contributed by atoms with Crippen molar-refractivity contribution in [3.05, 3.63) is 35.1 Å². The molecule has 1 heterocycles. The molecule has 0 aromatic carbocycles. The highest BCUT2D eigenvalue weighted by molar-refractivity contribution is 5.49. The van der Waals surface area contributed by atoms with Crippen molar-refractivity contribution in [2.75, 3.05) is 13.1 Å². The average Bonchev–Trinajstić information content (AvgIpc) is 2.37. The molecule has 1 saturated heterocycles. The third-order valence-electron chi connectivity index (χ3n) is 2.83. The largest absolute Gasteiger partial charge is 0.399 e. The van der Waals surface area contributed by atoms with Crippen molar-refractivity contribution >= 4 is 6.41 Å². The quantitative estimate of drug-likeness (QED) is 0.655. The minimum absolute atomic E-state index is 0.718. The van der Waals surface area contributed by atoms with E-state index in [1.807, 2.05) is 17.1 Å². The minimum atomic E-state index is 0.718. The number of allylic oxidation sites excluding steroid dienone is 4. The Kier molecular flexibility index (Phi) is 2.90. The van der Waals surface area contributed by atoms with E-state index in [4.69, 9.17) is 5.73 Å². The third kappa shape index (κ3) is 2.49. The molecule has 1 amide bonds. The smallest absolute Gasteiger partial charge is 0.209 e. The molecule has 3 nitrogen and oxygen atoms in total. The Morgan fingerprint density at radius 3 is 3.00 bits per heavy atom. The van der Waals surface area contributed by atoms with Crippen LogP contribution in [0.25, 0.3) is 0 Å². The van der Waals surface area contributed by atoms with Crippen LogP contribution in [0.3, 0.4) is 0 Å². The molecule has 1 fully saturated rings. The maximum absolute atomic E-state index is 10.8. The first-order valence-corrected chi connectivity index (χ1v) is 5.32. The molecule has 0 aromatic heterocycles. The van der Waals surface area contributed by atoms with Crippen LogP contribution in [-0.2, 0) is 4.79 Å². The number of carbonyl (C=O) groups is 1. The van der Waals surface area contributed by atoms with Crippen molar-refractivity contribution in [3.8, 4) is 0 Å². The molecular formula is C12H16N2O. The van der Waals surface area contributed by atoms with Crippen molar-refractivity contribution in [3.63, 3.8) is 0 Å². The van der Waals surface area contributed by atoms with Gasteiger partial charge in [0.2, 0.25) is 6.41 Å². The van der Waals surface area contributed by atoms with Gasteiger partial charge in [0.05, 0.1) is 0 Å². The average molecular weight is 204 g/mol. The lowest BCUT2D eigenvalue weighted by Crippen LogP contribution is -2.27. The molecule has 0 saturated carbocycles. The zero-order chi connectivity index (χ0) is 10.7. The lowest BCUT2D eigenvalue weighted by molar-refractivity contribution is -0.117. The zero-order valence-corrected chi connectivity index (χ0v) is 8.78. The number of nitrogens with zero attached hydrogens (tertiary/aromatic N) is 1. The van der Waals surface area contributed by atoms with Crippen LogP contribution in [0.2, 0.25) is 0 Å². The molecule has 15 heavy (non-hydrogen) atoms. The predicted octanol–water partition coefficient (Wildman–Crippen LogP) is 1.34. The van der Waals surface area contributed by atoms with Crippen molar-refractivity contribution in [1.82, 2.24) is 4.90 Å². The summed E-state index contributed by atoms with van der Waals surface area (Å²) < 4.78 is 0. The summed E-state index contributed by atoms with van der Waals surface area (Å²) in [5.74, 6) is 0. The summed E-state index contributed by atoms with van der Waals surface area (Å²) in [6.45, 7) is 1.56. The fourth-order valence-corrected chi connectivity index (χ4v) is 2.11. The van der Waals surface area contributed by atoms with Gasteiger partial charge in [0.15, 0.2) is 0 Å². The van der Waals surface area contributed by atoms with Gasteiger partial charge in [-0.25, -0.2) is 0 Å². The SMILES string of the molecule is NC1=CC=C2CCCN(C=O)CC(=C1)C2. The zero-order valence-electron chi connectivity index (χ0n) is 8.78. The van der Waals surface area contributed by atoms with Crippen molar-refractivity contribution in [2.45, 2.75) is 19.3 Å². The van der Waals surface area contributed by atoms with E-state index in [0.717, 1.165) is 44.5 Å². The topological polar surface area (TPSA) is 46.3 Å². The van der Waals surface area contributed by atoms with Gasteiger partial charge in [0, 0.05) is 18.8 Å². The van der Waals surface area contributed by atoms with Gasteiger partial charge in [-0.15, -0.1) is 0 Å². The number of hydrogen-bond donors (Lipinski definition) is 1. The molecule has 3 heteroatoms. The summed E-state index contributed by atoms with van der Waals surface area (Å²) in [4.78, 5) is 12.6. The van der Waals surface area contributed by atoms with Gasteiger partial charge in [-0.1, -0.05) is 11.6 Å². The molecule has 1 aliphatic heterocycles. The number of carbonyl (C=O) groups excluding carboxylic acids is 1. The van der Waals surface area contributed by atoms with Crippen molar-refractivity contribution < 1.29 is 4.79 Å². The summed E-state index contributed by atoms with van der Waals surface area (Å²) in [6, 6.07) is 0. The van der Waals surface area contributed by atoms with Crippen LogP contribution in [0.5, 0.6) is 0 Å². The third-order valence-corrected chi connectivity index (χ3v) is 2.83. The highest BCUT2D eigenvalue weighted by Crippen LogP contribution is 2.23. The predicted molar refractivity (Wildman–Crippen MR) is 59.9 cm³/mol. The molecule has 0 spiro atoms. The Morgan fingerprint density at radius 2 is 2.20 bits per heavy atom. The van der Waals surface area contributed by atoms with E-state index in [2.05, 4.69) is 6.08 Å². The van der Waals surface area contributed by atoms with Gasteiger partial charge in [-0.05, 0) is 37.0 Å². The molecule has 80 valence electrons. The van der Waals surface area contributed by atoms with Gasteiger partial charge >= 0.3 is 0 Å². The van der Waals surface area contributed by atoms with Gasteiger partial charge in [-0.2, -0.15) is 0 Å². The second kappa shape index (κ2) is 4.34. The van der Waals surface area contributed by atoms with Crippen LogP contribution in [0.15, 0.2) is 35.1 Å². The molecule has 0 atom stereocenters. The maximum atomic E-state index is 10.8. The number of hydrogen-bond acceptors (Lipinski definition) is 2.